The third kappa shape index (κ3) is 3.80. The Bertz CT molecular complexity index is 734. The third-order valence-electron chi connectivity index (χ3n) is 2.96. The van der Waals surface area contributed by atoms with Gasteiger partial charge in [0.2, 0.25) is 0 Å². The molecule has 0 radical (unpaired) electrons. The Hall–Kier alpha value is -1.89. The lowest BCUT2D eigenvalue weighted by atomic mass is 10.2. The molecule has 0 saturated carbocycles. The number of H-pyrrole nitrogens is 1. The number of rotatable bonds is 6. The molecule has 20 heavy (non-hydrogen) atoms. The lowest BCUT2D eigenvalue weighted by Crippen LogP contribution is -2.16. The van der Waals surface area contributed by atoms with Crippen LogP contribution in [-0.2, 0) is 21.1 Å². The van der Waals surface area contributed by atoms with E-state index in [0.717, 1.165) is 16.6 Å². The SMILES string of the molecule is Cc1ccc2nc(CCS(=O)(=O)CCC(=O)O)[nH]c2c1. The number of sulfone groups is 1. The van der Waals surface area contributed by atoms with E-state index in [2.05, 4.69) is 9.97 Å². The average molecular weight is 296 g/mol. The van der Waals surface area contributed by atoms with Crippen molar-refractivity contribution in [1.29, 1.82) is 0 Å². The van der Waals surface area contributed by atoms with Gasteiger partial charge in [-0.15, -0.1) is 0 Å². The zero-order valence-electron chi connectivity index (χ0n) is 11.1. The van der Waals surface area contributed by atoms with Crippen LogP contribution in [0.15, 0.2) is 18.2 Å². The van der Waals surface area contributed by atoms with Gasteiger partial charge in [0.15, 0.2) is 9.84 Å². The van der Waals surface area contributed by atoms with E-state index in [1.54, 1.807) is 0 Å². The smallest absolute Gasteiger partial charge is 0.304 e. The van der Waals surface area contributed by atoms with Gasteiger partial charge < -0.3 is 10.1 Å². The summed E-state index contributed by atoms with van der Waals surface area (Å²) < 4.78 is 23.3. The molecule has 2 aromatic rings. The maximum absolute atomic E-state index is 11.7. The minimum Gasteiger partial charge on any atom is -0.481 e. The number of fused-ring (bicyclic) bond motifs is 1. The average Bonchev–Trinajstić information content (AvgIpc) is 2.76. The largest absolute Gasteiger partial charge is 0.481 e. The Labute approximate surface area is 116 Å². The molecule has 0 aliphatic rings. The fourth-order valence-electron chi connectivity index (χ4n) is 1.89. The van der Waals surface area contributed by atoms with Gasteiger partial charge in [-0.1, -0.05) is 6.07 Å². The Morgan fingerprint density at radius 1 is 1.35 bits per heavy atom. The fraction of sp³-hybridized carbons (Fsp3) is 0.385. The number of nitrogens with one attached hydrogen (secondary N) is 1. The zero-order valence-corrected chi connectivity index (χ0v) is 11.9. The molecule has 1 heterocycles. The first-order valence-corrected chi connectivity index (χ1v) is 8.05. The second-order valence-electron chi connectivity index (χ2n) is 4.75. The summed E-state index contributed by atoms with van der Waals surface area (Å²) in [7, 11) is -3.36. The van der Waals surface area contributed by atoms with Crippen LogP contribution in [0.4, 0.5) is 0 Å². The highest BCUT2D eigenvalue weighted by Crippen LogP contribution is 2.14. The van der Waals surface area contributed by atoms with Crippen LogP contribution >= 0.6 is 0 Å². The highest BCUT2D eigenvalue weighted by molar-refractivity contribution is 7.91. The minimum absolute atomic E-state index is 0.0981. The number of aryl methyl sites for hydroxylation is 2. The monoisotopic (exact) mass is 296 g/mol. The first-order valence-electron chi connectivity index (χ1n) is 6.23. The van der Waals surface area contributed by atoms with Gasteiger partial charge in [0.05, 0.1) is 29.0 Å². The van der Waals surface area contributed by atoms with Gasteiger partial charge in [0, 0.05) is 6.42 Å². The second-order valence-corrected chi connectivity index (χ2v) is 7.05. The topological polar surface area (TPSA) is 100 Å². The number of nitrogens with zero attached hydrogens (tertiary/aromatic N) is 1. The van der Waals surface area contributed by atoms with Crippen molar-refractivity contribution in [2.45, 2.75) is 19.8 Å². The summed E-state index contributed by atoms with van der Waals surface area (Å²) in [4.78, 5) is 17.8. The molecular weight excluding hydrogens is 280 g/mol. The molecule has 7 heteroatoms. The molecule has 0 amide bonds. The summed E-state index contributed by atoms with van der Waals surface area (Å²) in [5.41, 5.74) is 2.78. The molecule has 2 rings (SSSR count). The van der Waals surface area contributed by atoms with E-state index in [9.17, 15) is 13.2 Å². The highest BCUT2D eigenvalue weighted by Gasteiger charge is 2.14. The van der Waals surface area contributed by atoms with Crippen LogP contribution in [0.1, 0.15) is 17.8 Å². The Morgan fingerprint density at radius 2 is 2.10 bits per heavy atom. The van der Waals surface area contributed by atoms with Crippen molar-refractivity contribution in [3.8, 4) is 0 Å². The predicted molar refractivity (Wildman–Crippen MR) is 75.4 cm³/mol. The number of aromatic amines is 1. The van der Waals surface area contributed by atoms with Crippen molar-refractivity contribution in [2.75, 3.05) is 11.5 Å². The summed E-state index contributed by atoms with van der Waals surface area (Å²) in [5, 5.41) is 8.50. The molecule has 0 bridgehead atoms. The molecule has 0 atom stereocenters. The van der Waals surface area contributed by atoms with E-state index < -0.39 is 15.8 Å². The van der Waals surface area contributed by atoms with Crippen molar-refractivity contribution in [3.63, 3.8) is 0 Å². The van der Waals surface area contributed by atoms with E-state index in [0.29, 0.717) is 5.82 Å². The third-order valence-corrected chi connectivity index (χ3v) is 4.62. The van der Waals surface area contributed by atoms with Gasteiger partial charge in [-0.25, -0.2) is 13.4 Å². The number of carbonyl (C=O) groups is 1. The van der Waals surface area contributed by atoms with E-state index >= 15 is 0 Å². The number of benzene rings is 1. The van der Waals surface area contributed by atoms with Gasteiger partial charge in [-0.3, -0.25) is 4.79 Å². The fourth-order valence-corrected chi connectivity index (χ4v) is 3.09. The molecule has 0 aliphatic carbocycles. The number of hydrogen-bond donors (Lipinski definition) is 2. The van der Waals surface area contributed by atoms with Crippen molar-refractivity contribution in [1.82, 2.24) is 9.97 Å². The standard InChI is InChI=1S/C13H16N2O4S/c1-9-2-3-10-11(8-9)15-12(14-10)4-6-20(18,19)7-5-13(16)17/h2-3,8H,4-7H2,1H3,(H,14,15)(H,16,17). The number of aliphatic carboxylic acids is 1. The van der Waals surface area contributed by atoms with Crippen molar-refractivity contribution >= 4 is 26.8 Å². The molecule has 6 nitrogen and oxygen atoms in total. The van der Waals surface area contributed by atoms with Crippen LogP contribution in [0, 0.1) is 6.92 Å². The maximum Gasteiger partial charge on any atom is 0.304 e. The Balaban J connectivity index is 2.03. The summed E-state index contributed by atoms with van der Waals surface area (Å²) in [5.74, 6) is -0.932. The van der Waals surface area contributed by atoms with Crippen LogP contribution in [0.5, 0.6) is 0 Å². The number of imidazole rings is 1. The summed E-state index contributed by atoms with van der Waals surface area (Å²) in [6.45, 7) is 1.97. The van der Waals surface area contributed by atoms with Crippen LogP contribution in [0.2, 0.25) is 0 Å². The van der Waals surface area contributed by atoms with E-state index in [1.807, 2.05) is 25.1 Å². The van der Waals surface area contributed by atoms with Gasteiger partial charge >= 0.3 is 5.97 Å². The van der Waals surface area contributed by atoms with Crippen molar-refractivity contribution < 1.29 is 18.3 Å². The molecule has 108 valence electrons. The van der Waals surface area contributed by atoms with Crippen LogP contribution < -0.4 is 0 Å². The summed E-state index contributed by atoms with van der Waals surface area (Å²) in [6, 6.07) is 5.77. The summed E-state index contributed by atoms with van der Waals surface area (Å²) >= 11 is 0. The molecule has 0 spiro atoms. The quantitative estimate of drug-likeness (QED) is 0.837. The number of aromatic nitrogens is 2. The van der Waals surface area contributed by atoms with Gasteiger partial charge in [-0.2, -0.15) is 0 Å². The molecule has 1 aromatic heterocycles. The first kappa shape index (κ1) is 14.5. The number of hydrogen-bond acceptors (Lipinski definition) is 4. The van der Waals surface area contributed by atoms with Gasteiger partial charge in [0.25, 0.3) is 0 Å². The van der Waals surface area contributed by atoms with Crippen molar-refractivity contribution in [2.24, 2.45) is 0 Å². The van der Waals surface area contributed by atoms with E-state index in [1.165, 1.54) is 0 Å². The predicted octanol–water partition coefficient (Wildman–Crippen LogP) is 1.30. The van der Waals surface area contributed by atoms with E-state index in [-0.39, 0.29) is 24.3 Å². The molecular formula is C13H16N2O4S. The first-order chi connectivity index (χ1) is 9.35. The number of carboxylic acid groups (broad SMARTS) is 1. The van der Waals surface area contributed by atoms with E-state index in [4.69, 9.17) is 5.11 Å². The Kier molecular flexibility index (Phi) is 4.08. The van der Waals surface area contributed by atoms with Gasteiger partial charge in [0.1, 0.15) is 5.82 Å². The summed E-state index contributed by atoms with van der Waals surface area (Å²) in [6.07, 6.45) is -0.0999. The Morgan fingerprint density at radius 3 is 2.80 bits per heavy atom. The lowest BCUT2D eigenvalue weighted by Gasteiger charge is -2.00. The van der Waals surface area contributed by atoms with Crippen LogP contribution in [-0.4, -0.2) is 41.0 Å². The molecule has 2 N–H and O–H groups in total. The minimum atomic E-state index is -3.36. The highest BCUT2D eigenvalue weighted by atomic mass is 32.2. The molecule has 0 aliphatic heterocycles. The van der Waals surface area contributed by atoms with Crippen LogP contribution in [0.25, 0.3) is 11.0 Å². The van der Waals surface area contributed by atoms with Gasteiger partial charge in [-0.05, 0) is 24.6 Å². The molecule has 1 aromatic carbocycles. The second kappa shape index (κ2) is 5.62. The zero-order chi connectivity index (χ0) is 14.8. The number of carboxylic acids is 1. The lowest BCUT2D eigenvalue weighted by molar-refractivity contribution is -0.136. The maximum atomic E-state index is 11.7. The normalized spacial score (nSPS) is 11.8. The van der Waals surface area contributed by atoms with Crippen LogP contribution in [0.3, 0.4) is 0 Å². The van der Waals surface area contributed by atoms with Crippen molar-refractivity contribution in [3.05, 3.63) is 29.6 Å². The molecule has 0 saturated heterocycles. The molecule has 0 fully saturated rings. The molecule has 0 unspecified atom stereocenters.